The molecule has 14 nitrogen and oxygen atoms in total. The van der Waals surface area contributed by atoms with Crippen LogP contribution >= 0.6 is 85.3 Å². The van der Waals surface area contributed by atoms with E-state index in [0.29, 0.717) is 39.0 Å². The molecule has 2 saturated heterocycles. The van der Waals surface area contributed by atoms with E-state index in [9.17, 15) is 35.1 Å². The summed E-state index contributed by atoms with van der Waals surface area (Å²) in [6.45, 7) is 2.03. The average molecular weight is 841 g/mol. The SMILES string of the molecule is O=P1(N(CCCl)CCCl)NC(SCCS(=O)(=O)[O-])CCO1.O=P1(N(CCCl)CCCl)NC(SCCS(=O)(=O)[O-])CCO1.[Ca+2]. The largest absolute Gasteiger partial charge is 2.00 e. The van der Waals surface area contributed by atoms with E-state index < -0.39 is 47.1 Å². The zero-order valence-electron chi connectivity index (χ0n) is 23.2. The molecule has 25 heteroatoms. The number of halogens is 4. The van der Waals surface area contributed by atoms with Gasteiger partial charge in [-0.1, -0.05) is 0 Å². The van der Waals surface area contributed by atoms with Crippen LogP contribution in [0.1, 0.15) is 12.8 Å². The second-order valence-electron chi connectivity index (χ2n) is 8.45. The minimum absolute atomic E-state index is 0. The number of thioether (sulfide) groups is 2. The summed E-state index contributed by atoms with van der Waals surface area (Å²) in [6, 6.07) is 0. The van der Waals surface area contributed by atoms with Crippen molar-refractivity contribution in [1.82, 2.24) is 19.5 Å². The van der Waals surface area contributed by atoms with Crippen molar-refractivity contribution in [3.05, 3.63) is 0 Å². The van der Waals surface area contributed by atoms with Gasteiger partial charge < -0.3 is 18.2 Å². The van der Waals surface area contributed by atoms with Gasteiger partial charge in [-0.05, 0) is 12.8 Å². The molecule has 0 aromatic rings. The first kappa shape index (κ1) is 46.2. The Hall–Kier alpha value is 3.16. The topological polar surface area (TPSA) is 198 Å². The molecule has 2 aliphatic heterocycles. The van der Waals surface area contributed by atoms with Gasteiger partial charge in [-0.25, -0.2) is 36.4 Å². The zero-order chi connectivity index (χ0) is 31.9. The minimum atomic E-state index is -4.23. The van der Waals surface area contributed by atoms with Crippen LogP contribution in [0.15, 0.2) is 0 Å². The Morgan fingerprint density at radius 2 is 1.00 bits per heavy atom. The summed E-state index contributed by atoms with van der Waals surface area (Å²) in [6.07, 6.45) is 1.15. The van der Waals surface area contributed by atoms with E-state index in [4.69, 9.17) is 55.5 Å². The van der Waals surface area contributed by atoms with Gasteiger partial charge in [0.1, 0.15) is 0 Å². The Morgan fingerprint density at radius 1 is 0.698 bits per heavy atom. The number of rotatable bonds is 18. The number of nitrogens with one attached hydrogen (secondary N) is 2. The third-order valence-corrected chi connectivity index (χ3v) is 15.3. The third-order valence-electron chi connectivity index (χ3n) is 5.33. The van der Waals surface area contributed by atoms with Crippen LogP contribution in [0, 0.1) is 0 Å². The van der Waals surface area contributed by atoms with Gasteiger partial charge in [-0.3, -0.25) is 9.13 Å². The van der Waals surface area contributed by atoms with E-state index in [1.54, 1.807) is 9.34 Å². The zero-order valence-corrected chi connectivity index (χ0v) is 33.5. The summed E-state index contributed by atoms with van der Waals surface area (Å²) in [5.41, 5.74) is 0. The summed E-state index contributed by atoms with van der Waals surface area (Å²) >= 11 is 25.2. The molecule has 0 aliphatic carbocycles. The monoisotopic (exact) mass is 838 g/mol. The molecule has 4 unspecified atom stereocenters. The van der Waals surface area contributed by atoms with E-state index in [0.717, 1.165) is 0 Å². The summed E-state index contributed by atoms with van der Waals surface area (Å²) < 4.78 is 103. The van der Waals surface area contributed by atoms with E-state index in [1.165, 1.54) is 23.5 Å². The summed E-state index contributed by atoms with van der Waals surface area (Å²) in [7, 11) is -14.9. The number of hydrogen-bond donors (Lipinski definition) is 2. The molecule has 252 valence electrons. The van der Waals surface area contributed by atoms with E-state index in [2.05, 4.69) is 10.2 Å². The number of hydrogen-bond acceptors (Lipinski definition) is 12. The molecular weight excluding hydrogens is 804 g/mol. The quantitative estimate of drug-likeness (QED) is 0.0884. The fourth-order valence-electron chi connectivity index (χ4n) is 3.43. The van der Waals surface area contributed by atoms with E-state index >= 15 is 0 Å². The van der Waals surface area contributed by atoms with Crippen molar-refractivity contribution in [3.63, 3.8) is 0 Å². The maximum atomic E-state index is 12.8. The predicted molar refractivity (Wildman–Crippen MR) is 176 cm³/mol. The summed E-state index contributed by atoms with van der Waals surface area (Å²) in [5.74, 6) is 0.553. The van der Waals surface area contributed by atoms with Gasteiger partial charge in [0, 0.05) is 72.7 Å². The Morgan fingerprint density at radius 3 is 1.26 bits per heavy atom. The van der Waals surface area contributed by atoms with E-state index in [1.807, 2.05) is 0 Å². The standard InChI is InChI=1S/2C9H19Cl2N2O5PS2.Ca/c2*10-2-4-13(5-3-11)19(14)12-9(1-6-18-19)20-7-8-21(15,16)17;/h2*9H,1-8H2,(H,12,14)(H,15,16,17);/q;;+2/p-2. The van der Waals surface area contributed by atoms with Crippen LogP contribution in [0.4, 0.5) is 0 Å². The van der Waals surface area contributed by atoms with Crippen LogP contribution in [0.3, 0.4) is 0 Å². The average Bonchev–Trinajstić information content (AvgIpc) is 2.87. The molecule has 0 aromatic heterocycles. The molecule has 2 aliphatic rings. The van der Waals surface area contributed by atoms with Crippen molar-refractivity contribution in [2.24, 2.45) is 0 Å². The van der Waals surface area contributed by atoms with Crippen molar-refractivity contribution < 1.29 is 44.1 Å². The van der Waals surface area contributed by atoms with Crippen molar-refractivity contribution in [2.45, 2.75) is 23.6 Å². The molecule has 0 saturated carbocycles. The van der Waals surface area contributed by atoms with E-state index in [-0.39, 0.29) is 96.7 Å². The Labute approximate surface area is 313 Å². The van der Waals surface area contributed by atoms with Gasteiger partial charge in [0.25, 0.3) is 0 Å². The maximum absolute atomic E-state index is 12.8. The summed E-state index contributed by atoms with van der Waals surface area (Å²) in [5, 5.41) is 5.31. The van der Waals surface area contributed by atoms with Gasteiger partial charge in [0.05, 0.1) is 44.2 Å². The Kier molecular flexibility index (Phi) is 25.3. The van der Waals surface area contributed by atoms with Gasteiger partial charge >= 0.3 is 53.1 Å². The van der Waals surface area contributed by atoms with Crippen LogP contribution in [-0.4, -0.2) is 170 Å². The molecule has 2 heterocycles. The molecule has 4 atom stereocenters. The molecule has 0 bridgehead atoms. The van der Waals surface area contributed by atoms with Crippen molar-refractivity contribution in [2.75, 3.05) is 85.9 Å². The Balaban J connectivity index is 0.000000802. The first-order valence-electron chi connectivity index (χ1n) is 12.5. The molecular formula is C18H36CaCl4N4O10P2S4. The normalized spacial score (nSPS) is 26.5. The molecule has 0 amide bonds. The first-order valence-corrected chi connectivity index (χ1v) is 23.1. The maximum Gasteiger partial charge on any atom is 2.00 e. The van der Waals surface area contributed by atoms with Crippen LogP contribution in [0.5, 0.6) is 0 Å². The van der Waals surface area contributed by atoms with Crippen LogP contribution in [-0.2, 0) is 38.4 Å². The second kappa shape index (κ2) is 23.5. The third kappa shape index (κ3) is 19.8. The van der Waals surface area contributed by atoms with Crippen molar-refractivity contribution >= 4 is 143 Å². The van der Waals surface area contributed by atoms with Crippen LogP contribution in [0.2, 0.25) is 0 Å². The van der Waals surface area contributed by atoms with Gasteiger partial charge in [-0.2, -0.15) is 0 Å². The minimum Gasteiger partial charge on any atom is -0.748 e. The smallest absolute Gasteiger partial charge is 0.748 e. The van der Waals surface area contributed by atoms with Crippen molar-refractivity contribution in [3.8, 4) is 0 Å². The molecule has 2 fully saturated rings. The first-order chi connectivity index (χ1) is 19.6. The second-order valence-corrected chi connectivity index (χ2v) is 19.9. The van der Waals surface area contributed by atoms with Crippen molar-refractivity contribution in [1.29, 1.82) is 0 Å². The van der Waals surface area contributed by atoms with Crippen LogP contribution < -0.4 is 10.2 Å². The van der Waals surface area contributed by atoms with Gasteiger partial charge in [0.2, 0.25) is 0 Å². The van der Waals surface area contributed by atoms with Gasteiger partial charge in [-0.15, -0.1) is 69.9 Å². The van der Waals surface area contributed by atoms with Crippen LogP contribution in [0.25, 0.3) is 0 Å². The van der Waals surface area contributed by atoms with Gasteiger partial charge in [0.15, 0.2) is 0 Å². The number of nitrogens with zero attached hydrogens (tertiary/aromatic N) is 2. The molecule has 2 rings (SSSR count). The molecule has 43 heavy (non-hydrogen) atoms. The number of alkyl halides is 4. The Bertz CT molecular complexity index is 1010. The fraction of sp³-hybridized carbons (Fsp3) is 1.00. The molecule has 0 radical (unpaired) electrons. The predicted octanol–water partition coefficient (Wildman–Crippen LogP) is 2.60. The molecule has 0 aromatic carbocycles. The molecule has 2 N–H and O–H groups in total. The summed E-state index contributed by atoms with van der Waals surface area (Å²) in [4.78, 5) is 0. The molecule has 0 spiro atoms. The fourth-order valence-corrected chi connectivity index (χ4v) is 13.6.